The maximum Gasteiger partial charge on any atom is 0.137 e. The molecule has 0 aliphatic carbocycles. The summed E-state index contributed by atoms with van der Waals surface area (Å²) in [6.07, 6.45) is 4.72. The summed E-state index contributed by atoms with van der Waals surface area (Å²) in [5.74, 6) is 0. The van der Waals surface area contributed by atoms with Gasteiger partial charge in [-0.1, -0.05) is 18.2 Å². The van der Waals surface area contributed by atoms with Gasteiger partial charge in [0.2, 0.25) is 0 Å². The average Bonchev–Trinajstić information content (AvgIpc) is 3.12. The number of rotatable bonds is 3. The predicted octanol–water partition coefficient (Wildman–Crippen LogP) is 3.96. The number of aromatic nitrogens is 4. The highest BCUT2D eigenvalue weighted by atomic mass is 15.3. The van der Waals surface area contributed by atoms with Crippen LogP contribution in [-0.2, 0) is 6.42 Å². The smallest absolute Gasteiger partial charge is 0.137 e. The van der Waals surface area contributed by atoms with Crippen molar-refractivity contribution in [2.24, 2.45) is 0 Å². The van der Waals surface area contributed by atoms with Gasteiger partial charge in [0.25, 0.3) is 0 Å². The highest BCUT2D eigenvalue weighted by molar-refractivity contribution is 5.79. The Morgan fingerprint density at radius 2 is 1.87 bits per heavy atom. The number of para-hydroxylation sites is 1. The first-order chi connectivity index (χ1) is 11.2. The van der Waals surface area contributed by atoms with Gasteiger partial charge in [-0.25, -0.2) is 9.67 Å². The second-order valence-electron chi connectivity index (χ2n) is 5.79. The van der Waals surface area contributed by atoms with Crippen LogP contribution in [0.1, 0.15) is 22.5 Å². The molecule has 4 rings (SSSR count). The molecule has 4 heteroatoms. The van der Waals surface area contributed by atoms with Crippen molar-refractivity contribution < 1.29 is 0 Å². The summed E-state index contributed by atoms with van der Waals surface area (Å²) in [6, 6.07) is 14.4. The Hall–Kier alpha value is -2.88. The van der Waals surface area contributed by atoms with E-state index in [0.717, 1.165) is 23.4 Å². The monoisotopic (exact) mass is 302 g/mol. The molecule has 3 aromatic heterocycles. The molecule has 0 spiro atoms. The summed E-state index contributed by atoms with van der Waals surface area (Å²) in [7, 11) is 0. The highest BCUT2D eigenvalue weighted by Gasteiger charge is 2.15. The maximum atomic E-state index is 4.73. The molecule has 0 aliphatic rings. The molecule has 0 atom stereocenters. The Labute approximate surface area is 134 Å². The number of hydrogen-bond donors (Lipinski definition) is 1. The van der Waals surface area contributed by atoms with E-state index in [0.29, 0.717) is 0 Å². The number of benzene rings is 1. The predicted molar refractivity (Wildman–Crippen MR) is 91.9 cm³/mol. The summed E-state index contributed by atoms with van der Waals surface area (Å²) < 4.78 is 2.03. The van der Waals surface area contributed by atoms with E-state index in [4.69, 9.17) is 5.10 Å². The Kier molecular flexibility index (Phi) is 3.23. The molecular formula is C19H18N4. The molecule has 1 aromatic carbocycles. The number of nitrogens with zero attached hydrogens (tertiary/aromatic N) is 3. The Morgan fingerprint density at radius 1 is 1.04 bits per heavy atom. The molecule has 0 unspecified atom stereocenters. The summed E-state index contributed by atoms with van der Waals surface area (Å²) >= 11 is 0. The van der Waals surface area contributed by atoms with Gasteiger partial charge in [-0.05, 0) is 43.7 Å². The normalized spacial score (nSPS) is 11.2. The van der Waals surface area contributed by atoms with E-state index in [1.54, 1.807) is 0 Å². The second-order valence-corrected chi connectivity index (χ2v) is 5.79. The van der Waals surface area contributed by atoms with E-state index < -0.39 is 0 Å². The zero-order valence-electron chi connectivity index (χ0n) is 13.2. The molecule has 0 saturated carbocycles. The number of hydrogen-bond acceptors (Lipinski definition) is 2. The third kappa shape index (κ3) is 2.32. The van der Waals surface area contributed by atoms with Gasteiger partial charge in [0.15, 0.2) is 0 Å². The Morgan fingerprint density at radius 3 is 2.70 bits per heavy atom. The fraction of sp³-hybridized carbons (Fsp3) is 0.158. The fourth-order valence-electron chi connectivity index (χ4n) is 3.10. The number of aryl methyl sites for hydroxylation is 1. The summed E-state index contributed by atoms with van der Waals surface area (Å²) in [6.45, 7) is 4.21. The number of aromatic amines is 1. The summed E-state index contributed by atoms with van der Waals surface area (Å²) in [5.41, 5.74) is 6.83. The molecule has 0 saturated heterocycles. The first-order valence-corrected chi connectivity index (χ1v) is 7.75. The molecule has 114 valence electrons. The molecule has 4 nitrogen and oxygen atoms in total. The second kappa shape index (κ2) is 5.39. The molecule has 23 heavy (non-hydrogen) atoms. The lowest BCUT2D eigenvalue weighted by Crippen LogP contribution is -1.99. The van der Waals surface area contributed by atoms with Crippen LogP contribution >= 0.6 is 0 Å². The van der Waals surface area contributed by atoms with Crippen molar-refractivity contribution in [3.05, 3.63) is 77.4 Å². The third-order valence-corrected chi connectivity index (χ3v) is 4.35. The number of H-pyrrole nitrogens is 1. The number of nitrogens with one attached hydrogen (secondary N) is 1. The van der Waals surface area contributed by atoms with Crippen molar-refractivity contribution in [3.8, 4) is 5.69 Å². The van der Waals surface area contributed by atoms with Crippen molar-refractivity contribution in [2.75, 3.05) is 0 Å². The highest BCUT2D eigenvalue weighted by Crippen LogP contribution is 2.24. The quantitative estimate of drug-likeness (QED) is 0.622. The molecular weight excluding hydrogens is 284 g/mol. The summed E-state index contributed by atoms with van der Waals surface area (Å²) in [5, 5.41) is 5.91. The van der Waals surface area contributed by atoms with Crippen molar-refractivity contribution in [1.29, 1.82) is 0 Å². The van der Waals surface area contributed by atoms with E-state index in [9.17, 15) is 0 Å². The first-order valence-electron chi connectivity index (χ1n) is 7.75. The minimum absolute atomic E-state index is 0.857. The van der Waals surface area contributed by atoms with Gasteiger partial charge in [-0.2, -0.15) is 5.10 Å². The van der Waals surface area contributed by atoms with Gasteiger partial charge in [0.1, 0.15) is 5.65 Å². The zero-order valence-corrected chi connectivity index (χ0v) is 13.2. The average molecular weight is 302 g/mol. The summed E-state index contributed by atoms with van der Waals surface area (Å²) in [4.78, 5) is 7.61. The number of pyridine rings is 1. The van der Waals surface area contributed by atoms with Crippen LogP contribution in [0.15, 0.2) is 54.9 Å². The third-order valence-electron chi connectivity index (χ3n) is 4.35. The van der Waals surface area contributed by atoms with Gasteiger partial charge < -0.3 is 4.98 Å². The van der Waals surface area contributed by atoms with Crippen LogP contribution in [0.3, 0.4) is 0 Å². The Bertz CT molecular complexity index is 964. The SMILES string of the molecule is Cc1nn(-c2ccccc2)c(C)c1Cc1c[nH]c2ncccc12. The van der Waals surface area contributed by atoms with E-state index in [1.165, 1.54) is 22.2 Å². The van der Waals surface area contributed by atoms with Crippen molar-refractivity contribution in [1.82, 2.24) is 19.7 Å². The lowest BCUT2D eigenvalue weighted by Gasteiger charge is -2.05. The minimum atomic E-state index is 0.857. The molecule has 4 aromatic rings. The van der Waals surface area contributed by atoms with Crippen LogP contribution in [0.5, 0.6) is 0 Å². The van der Waals surface area contributed by atoms with E-state index >= 15 is 0 Å². The fourth-order valence-corrected chi connectivity index (χ4v) is 3.10. The molecule has 0 bridgehead atoms. The van der Waals surface area contributed by atoms with Crippen molar-refractivity contribution >= 4 is 11.0 Å². The molecule has 0 radical (unpaired) electrons. The molecule has 1 N–H and O–H groups in total. The van der Waals surface area contributed by atoms with Gasteiger partial charge in [0, 0.05) is 35.5 Å². The van der Waals surface area contributed by atoms with Gasteiger partial charge >= 0.3 is 0 Å². The molecule has 0 amide bonds. The van der Waals surface area contributed by atoms with E-state index in [2.05, 4.69) is 48.2 Å². The molecule has 0 aliphatic heterocycles. The lowest BCUT2D eigenvalue weighted by molar-refractivity contribution is 0.833. The van der Waals surface area contributed by atoms with E-state index in [1.807, 2.05) is 35.1 Å². The van der Waals surface area contributed by atoms with Gasteiger partial charge in [0.05, 0.1) is 11.4 Å². The van der Waals surface area contributed by atoms with E-state index in [-0.39, 0.29) is 0 Å². The van der Waals surface area contributed by atoms with Crippen LogP contribution in [0.2, 0.25) is 0 Å². The van der Waals surface area contributed by atoms with Crippen LogP contribution < -0.4 is 0 Å². The van der Waals surface area contributed by atoms with Gasteiger partial charge in [-0.15, -0.1) is 0 Å². The topological polar surface area (TPSA) is 46.5 Å². The lowest BCUT2D eigenvalue weighted by atomic mass is 10.0. The largest absolute Gasteiger partial charge is 0.346 e. The van der Waals surface area contributed by atoms with Crippen LogP contribution in [-0.4, -0.2) is 19.7 Å². The van der Waals surface area contributed by atoms with Crippen LogP contribution in [0.4, 0.5) is 0 Å². The minimum Gasteiger partial charge on any atom is -0.346 e. The molecule has 3 heterocycles. The van der Waals surface area contributed by atoms with Crippen molar-refractivity contribution in [2.45, 2.75) is 20.3 Å². The van der Waals surface area contributed by atoms with Crippen molar-refractivity contribution in [3.63, 3.8) is 0 Å². The first kappa shape index (κ1) is 13.8. The maximum absolute atomic E-state index is 4.73. The molecule has 0 fully saturated rings. The standard InChI is InChI=1S/C19H18N4/c1-13-18(11-15-12-21-19-17(15)9-6-10-20-19)14(2)23(22-13)16-7-4-3-5-8-16/h3-10,12H,11H2,1-2H3,(H,20,21). The van der Waals surface area contributed by atoms with Gasteiger partial charge in [-0.3, -0.25) is 0 Å². The zero-order chi connectivity index (χ0) is 15.8. The van der Waals surface area contributed by atoms with Crippen LogP contribution in [0, 0.1) is 13.8 Å². The Balaban J connectivity index is 1.77. The number of fused-ring (bicyclic) bond motifs is 1. The van der Waals surface area contributed by atoms with Crippen LogP contribution in [0.25, 0.3) is 16.7 Å².